The molecule has 2 heterocycles. The number of carboxylic acids is 1. The van der Waals surface area contributed by atoms with E-state index in [1.807, 2.05) is 0 Å². The standard InChI is InChI=1S/C14H16N2O3/c1-16-6-9-5-15-13(17)11-4-8(14(18)19)2-3-10(11)12(9)7-16/h2-4,9,12H,5-7H2,1H3,(H,15,17)(H,18,19)/t9-,12-/m0/s1. The molecule has 0 saturated carbocycles. The van der Waals surface area contributed by atoms with E-state index in [4.69, 9.17) is 5.11 Å². The lowest BCUT2D eigenvalue weighted by Crippen LogP contribution is -2.29. The molecule has 2 atom stereocenters. The number of likely N-dealkylation sites (tertiary alicyclic amines) is 1. The Morgan fingerprint density at radius 1 is 1.42 bits per heavy atom. The molecule has 1 aromatic rings. The fourth-order valence-electron chi connectivity index (χ4n) is 3.17. The van der Waals surface area contributed by atoms with Crippen LogP contribution in [0.3, 0.4) is 0 Å². The Balaban J connectivity index is 2.08. The molecule has 1 saturated heterocycles. The molecule has 0 unspecified atom stereocenters. The Labute approximate surface area is 111 Å². The fraction of sp³-hybridized carbons (Fsp3) is 0.429. The van der Waals surface area contributed by atoms with Gasteiger partial charge in [-0.15, -0.1) is 0 Å². The van der Waals surface area contributed by atoms with Crippen molar-refractivity contribution in [1.29, 1.82) is 0 Å². The summed E-state index contributed by atoms with van der Waals surface area (Å²) < 4.78 is 0. The van der Waals surface area contributed by atoms with E-state index in [1.165, 1.54) is 6.07 Å². The van der Waals surface area contributed by atoms with E-state index in [2.05, 4.69) is 17.3 Å². The number of carbonyl (C=O) groups is 2. The smallest absolute Gasteiger partial charge is 0.335 e. The second-order valence-electron chi connectivity index (χ2n) is 5.40. The predicted octanol–water partition coefficient (Wildman–Crippen LogP) is 0.773. The monoisotopic (exact) mass is 260 g/mol. The molecule has 0 aromatic heterocycles. The Morgan fingerprint density at radius 3 is 2.95 bits per heavy atom. The van der Waals surface area contributed by atoms with Gasteiger partial charge >= 0.3 is 5.97 Å². The Hall–Kier alpha value is -1.88. The molecule has 100 valence electrons. The van der Waals surface area contributed by atoms with Crippen LogP contribution in [0.5, 0.6) is 0 Å². The summed E-state index contributed by atoms with van der Waals surface area (Å²) in [6.07, 6.45) is 0. The number of carboxylic acid groups (broad SMARTS) is 1. The zero-order valence-electron chi connectivity index (χ0n) is 10.7. The molecule has 5 nitrogen and oxygen atoms in total. The van der Waals surface area contributed by atoms with Crippen LogP contribution in [-0.4, -0.2) is 48.6 Å². The van der Waals surface area contributed by atoms with Gasteiger partial charge in [0.25, 0.3) is 5.91 Å². The second kappa shape index (κ2) is 4.35. The van der Waals surface area contributed by atoms with Gasteiger partial charge in [0.15, 0.2) is 0 Å². The Kier molecular flexibility index (Phi) is 2.78. The molecule has 2 N–H and O–H groups in total. The number of benzene rings is 1. The van der Waals surface area contributed by atoms with Gasteiger partial charge in [0.2, 0.25) is 0 Å². The van der Waals surface area contributed by atoms with Gasteiger partial charge in [-0.05, 0) is 30.7 Å². The molecule has 0 aliphatic carbocycles. The summed E-state index contributed by atoms with van der Waals surface area (Å²) in [4.78, 5) is 25.3. The summed E-state index contributed by atoms with van der Waals surface area (Å²) in [7, 11) is 2.07. The Morgan fingerprint density at radius 2 is 2.21 bits per heavy atom. The summed E-state index contributed by atoms with van der Waals surface area (Å²) in [5.74, 6) is -0.442. The van der Waals surface area contributed by atoms with Gasteiger partial charge in [0.1, 0.15) is 0 Å². The molecule has 1 aromatic carbocycles. The molecule has 19 heavy (non-hydrogen) atoms. The topological polar surface area (TPSA) is 69.6 Å². The first-order valence-corrected chi connectivity index (χ1v) is 6.40. The minimum Gasteiger partial charge on any atom is -0.478 e. The van der Waals surface area contributed by atoms with Crippen LogP contribution in [0, 0.1) is 5.92 Å². The molecule has 3 rings (SSSR count). The van der Waals surface area contributed by atoms with Gasteiger partial charge < -0.3 is 15.3 Å². The summed E-state index contributed by atoms with van der Waals surface area (Å²) in [6.45, 7) is 2.54. The number of hydrogen-bond donors (Lipinski definition) is 2. The largest absolute Gasteiger partial charge is 0.478 e. The predicted molar refractivity (Wildman–Crippen MR) is 69.5 cm³/mol. The summed E-state index contributed by atoms with van der Waals surface area (Å²) in [5.41, 5.74) is 1.66. The van der Waals surface area contributed by atoms with Gasteiger partial charge in [-0.3, -0.25) is 4.79 Å². The number of fused-ring (bicyclic) bond motifs is 3. The van der Waals surface area contributed by atoms with Gasteiger partial charge in [-0.1, -0.05) is 6.07 Å². The van der Waals surface area contributed by atoms with Crippen LogP contribution < -0.4 is 5.32 Å². The van der Waals surface area contributed by atoms with Crippen LogP contribution >= 0.6 is 0 Å². The lowest BCUT2D eigenvalue weighted by atomic mass is 9.86. The average molecular weight is 260 g/mol. The normalized spacial score (nSPS) is 26.3. The number of likely N-dealkylation sites (N-methyl/N-ethyl adjacent to an activating group) is 1. The third-order valence-electron chi connectivity index (χ3n) is 4.09. The lowest BCUT2D eigenvalue weighted by Gasteiger charge is -2.16. The molecule has 1 amide bonds. The zero-order chi connectivity index (χ0) is 13.6. The summed E-state index contributed by atoms with van der Waals surface area (Å²) >= 11 is 0. The lowest BCUT2D eigenvalue weighted by molar-refractivity contribution is 0.0697. The van der Waals surface area contributed by atoms with Crippen molar-refractivity contribution >= 4 is 11.9 Å². The molecular weight excluding hydrogens is 244 g/mol. The van der Waals surface area contributed by atoms with Gasteiger partial charge in [-0.2, -0.15) is 0 Å². The maximum Gasteiger partial charge on any atom is 0.335 e. The van der Waals surface area contributed by atoms with E-state index in [0.29, 0.717) is 23.9 Å². The minimum atomic E-state index is -1.00. The van der Waals surface area contributed by atoms with Crippen molar-refractivity contribution in [3.05, 3.63) is 34.9 Å². The number of hydrogen-bond acceptors (Lipinski definition) is 3. The second-order valence-corrected chi connectivity index (χ2v) is 5.40. The molecule has 0 bridgehead atoms. The van der Waals surface area contributed by atoms with E-state index in [9.17, 15) is 9.59 Å². The van der Waals surface area contributed by atoms with Crippen LogP contribution in [0.15, 0.2) is 18.2 Å². The van der Waals surface area contributed by atoms with Crippen molar-refractivity contribution < 1.29 is 14.7 Å². The highest BCUT2D eigenvalue weighted by Gasteiger charge is 2.36. The molecule has 0 radical (unpaired) electrons. The van der Waals surface area contributed by atoms with E-state index in [1.54, 1.807) is 12.1 Å². The number of amides is 1. The Bertz CT molecular complexity index is 556. The summed E-state index contributed by atoms with van der Waals surface area (Å²) in [5, 5.41) is 11.9. The van der Waals surface area contributed by atoms with Gasteiger partial charge in [0, 0.05) is 31.1 Å². The highest BCUT2D eigenvalue weighted by molar-refractivity contribution is 5.99. The van der Waals surface area contributed by atoms with Gasteiger partial charge in [0.05, 0.1) is 5.56 Å². The van der Waals surface area contributed by atoms with E-state index >= 15 is 0 Å². The van der Waals surface area contributed by atoms with Crippen LogP contribution in [0.4, 0.5) is 0 Å². The van der Waals surface area contributed by atoms with Crippen molar-refractivity contribution in [2.24, 2.45) is 5.92 Å². The van der Waals surface area contributed by atoms with Crippen molar-refractivity contribution in [3.8, 4) is 0 Å². The molecular formula is C14H16N2O3. The van der Waals surface area contributed by atoms with Crippen molar-refractivity contribution in [3.63, 3.8) is 0 Å². The van der Waals surface area contributed by atoms with E-state index in [-0.39, 0.29) is 11.5 Å². The SMILES string of the molecule is CN1C[C@@H]2CNC(=O)c3cc(C(=O)O)ccc3[C@H]2C1. The quantitative estimate of drug-likeness (QED) is 0.782. The number of aromatic carboxylic acids is 1. The highest BCUT2D eigenvalue weighted by atomic mass is 16.4. The molecule has 2 aliphatic heterocycles. The average Bonchev–Trinajstić information content (AvgIpc) is 2.70. The summed E-state index contributed by atoms with van der Waals surface area (Å²) in [6, 6.07) is 4.89. The number of nitrogens with one attached hydrogen (secondary N) is 1. The first-order chi connectivity index (χ1) is 9.06. The fourth-order valence-corrected chi connectivity index (χ4v) is 3.17. The first-order valence-electron chi connectivity index (χ1n) is 6.40. The highest BCUT2D eigenvalue weighted by Crippen LogP contribution is 2.35. The van der Waals surface area contributed by atoms with Crippen molar-refractivity contribution in [1.82, 2.24) is 10.2 Å². The van der Waals surface area contributed by atoms with Crippen LogP contribution in [-0.2, 0) is 0 Å². The number of carbonyl (C=O) groups excluding carboxylic acids is 1. The van der Waals surface area contributed by atoms with Crippen molar-refractivity contribution in [2.45, 2.75) is 5.92 Å². The maximum absolute atomic E-state index is 12.1. The van der Waals surface area contributed by atoms with E-state index in [0.717, 1.165) is 18.7 Å². The van der Waals surface area contributed by atoms with Crippen LogP contribution in [0.2, 0.25) is 0 Å². The van der Waals surface area contributed by atoms with E-state index < -0.39 is 5.97 Å². The van der Waals surface area contributed by atoms with Crippen molar-refractivity contribution in [2.75, 3.05) is 26.7 Å². The van der Waals surface area contributed by atoms with Crippen LogP contribution in [0.1, 0.15) is 32.2 Å². The third kappa shape index (κ3) is 2.00. The number of rotatable bonds is 1. The third-order valence-corrected chi connectivity index (χ3v) is 4.09. The first kappa shape index (κ1) is 12.2. The van der Waals surface area contributed by atoms with Gasteiger partial charge in [-0.25, -0.2) is 4.79 Å². The number of nitrogens with zero attached hydrogens (tertiary/aromatic N) is 1. The molecule has 5 heteroatoms. The molecule has 2 aliphatic rings. The molecule has 1 fully saturated rings. The molecule has 0 spiro atoms. The minimum absolute atomic E-state index is 0.157. The maximum atomic E-state index is 12.1. The van der Waals surface area contributed by atoms with Crippen LogP contribution in [0.25, 0.3) is 0 Å². The zero-order valence-corrected chi connectivity index (χ0v) is 10.7.